The van der Waals surface area contributed by atoms with Gasteiger partial charge in [-0.2, -0.15) is 0 Å². The number of likely N-dealkylation sites (tertiary alicyclic amines) is 2. The third-order valence-electron chi connectivity index (χ3n) is 5.93. The molecule has 24 heavy (non-hydrogen) atoms. The van der Waals surface area contributed by atoms with E-state index in [1.807, 2.05) is 17.0 Å². The maximum absolute atomic E-state index is 12.6. The number of carbonyl (C=O) groups excluding carboxylic acids is 1. The molecule has 5 heteroatoms. The van der Waals surface area contributed by atoms with Gasteiger partial charge < -0.3 is 20.0 Å². The minimum atomic E-state index is -0.0270. The summed E-state index contributed by atoms with van der Waals surface area (Å²) in [6, 6.07) is 7.32. The number of hydrogen-bond acceptors (Lipinski definition) is 4. The largest absolute Gasteiger partial charge is 0.508 e. The summed E-state index contributed by atoms with van der Waals surface area (Å²) in [6.07, 6.45) is 4.27. The van der Waals surface area contributed by atoms with Crippen molar-refractivity contribution in [3.05, 3.63) is 29.8 Å². The van der Waals surface area contributed by atoms with Gasteiger partial charge in [0.15, 0.2) is 0 Å². The fraction of sp³-hybridized carbons (Fsp3) is 0.632. The molecule has 2 heterocycles. The van der Waals surface area contributed by atoms with E-state index in [-0.39, 0.29) is 29.7 Å². The van der Waals surface area contributed by atoms with Gasteiger partial charge in [-0.3, -0.25) is 4.79 Å². The number of phenols is 1. The predicted octanol–water partition coefficient (Wildman–Crippen LogP) is 1.63. The molecule has 0 radical (unpaired) electrons. The summed E-state index contributed by atoms with van der Waals surface area (Å²) in [6.45, 7) is 2.74. The molecular formula is C19H28N2O3. The Morgan fingerprint density at radius 3 is 2.71 bits per heavy atom. The number of hydrogen-bond donors (Lipinski definition) is 2. The number of phenolic OH excluding ortho intramolecular Hbond substituents is 1. The van der Waals surface area contributed by atoms with Crippen LogP contribution in [0, 0.1) is 5.41 Å². The molecule has 0 aliphatic carbocycles. The Kier molecular flexibility index (Phi) is 5.11. The molecule has 2 aliphatic heterocycles. The van der Waals surface area contributed by atoms with E-state index in [4.69, 9.17) is 0 Å². The number of likely N-dealkylation sites (N-methyl/N-ethyl adjacent to an activating group) is 1. The highest BCUT2D eigenvalue weighted by Crippen LogP contribution is 2.41. The van der Waals surface area contributed by atoms with Gasteiger partial charge in [-0.15, -0.1) is 0 Å². The first kappa shape index (κ1) is 17.2. The van der Waals surface area contributed by atoms with Crippen LogP contribution in [-0.2, 0) is 11.2 Å². The standard InChI is InChI=1S/C19H28N2O3/c1-20-11-2-9-19(14-22)10-12-21(13-17(19)20)18(24)8-5-15-3-6-16(23)7-4-15/h3-4,6-7,17,22-23H,2,5,8-14H2,1H3/t17-,19-/m1/s1. The van der Waals surface area contributed by atoms with E-state index in [9.17, 15) is 15.0 Å². The van der Waals surface area contributed by atoms with Crippen molar-refractivity contribution in [3.8, 4) is 5.75 Å². The lowest BCUT2D eigenvalue weighted by molar-refractivity contribution is -0.139. The van der Waals surface area contributed by atoms with Gasteiger partial charge in [0.05, 0.1) is 6.61 Å². The Balaban J connectivity index is 1.59. The van der Waals surface area contributed by atoms with Crippen molar-refractivity contribution in [1.29, 1.82) is 0 Å². The molecule has 2 atom stereocenters. The van der Waals surface area contributed by atoms with Crippen molar-refractivity contribution >= 4 is 5.91 Å². The van der Waals surface area contributed by atoms with E-state index in [1.54, 1.807) is 12.1 Å². The Labute approximate surface area is 143 Å². The molecule has 1 amide bonds. The zero-order chi connectivity index (χ0) is 17.2. The summed E-state index contributed by atoms with van der Waals surface area (Å²) in [5.74, 6) is 0.440. The molecule has 0 aromatic heterocycles. The Bertz CT molecular complexity index is 574. The van der Waals surface area contributed by atoms with E-state index in [1.165, 1.54) is 0 Å². The number of amides is 1. The molecule has 2 N–H and O–H groups in total. The van der Waals surface area contributed by atoms with Crippen LogP contribution in [0.4, 0.5) is 0 Å². The van der Waals surface area contributed by atoms with Crippen molar-refractivity contribution < 1.29 is 15.0 Å². The maximum Gasteiger partial charge on any atom is 0.222 e. The fourth-order valence-corrected chi connectivity index (χ4v) is 4.31. The number of aryl methyl sites for hydroxylation is 1. The molecule has 0 unspecified atom stereocenters. The van der Waals surface area contributed by atoms with Gasteiger partial charge in [0, 0.05) is 31.0 Å². The second kappa shape index (κ2) is 7.11. The van der Waals surface area contributed by atoms with E-state index >= 15 is 0 Å². The number of aliphatic hydroxyl groups excluding tert-OH is 1. The van der Waals surface area contributed by atoms with Crippen LogP contribution in [0.25, 0.3) is 0 Å². The number of rotatable bonds is 4. The van der Waals surface area contributed by atoms with Gasteiger partial charge in [0.25, 0.3) is 0 Å². The molecule has 0 saturated carbocycles. The zero-order valence-corrected chi connectivity index (χ0v) is 14.4. The minimum absolute atomic E-state index is 0.0270. The normalized spacial score (nSPS) is 27.8. The topological polar surface area (TPSA) is 64.0 Å². The van der Waals surface area contributed by atoms with Crippen LogP contribution in [0.2, 0.25) is 0 Å². The zero-order valence-electron chi connectivity index (χ0n) is 14.4. The molecule has 132 valence electrons. The van der Waals surface area contributed by atoms with Crippen molar-refractivity contribution in [1.82, 2.24) is 9.80 Å². The summed E-state index contributed by atoms with van der Waals surface area (Å²) in [7, 11) is 2.11. The highest BCUT2D eigenvalue weighted by molar-refractivity contribution is 5.76. The first-order valence-corrected chi connectivity index (χ1v) is 8.91. The number of benzene rings is 1. The molecule has 1 aromatic carbocycles. The number of aromatic hydroxyl groups is 1. The number of fused-ring (bicyclic) bond motifs is 1. The quantitative estimate of drug-likeness (QED) is 0.880. The summed E-state index contributed by atoms with van der Waals surface area (Å²) >= 11 is 0. The highest BCUT2D eigenvalue weighted by Gasteiger charge is 2.47. The second-order valence-electron chi connectivity index (χ2n) is 7.38. The van der Waals surface area contributed by atoms with Crippen LogP contribution in [0.1, 0.15) is 31.2 Å². The Hall–Kier alpha value is -1.59. The number of piperidine rings is 2. The molecule has 2 saturated heterocycles. The van der Waals surface area contributed by atoms with Gasteiger partial charge in [-0.1, -0.05) is 12.1 Å². The van der Waals surface area contributed by atoms with Crippen LogP contribution >= 0.6 is 0 Å². The molecule has 3 rings (SSSR count). The van der Waals surface area contributed by atoms with Crippen LogP contribution in [0.3, 0.4) is 0 Å². The van der Waals surface area contributed by atoms with E-state index in [0.717, 1.165) is 44.5 Å². The van der Waals surface area contributed by atoms with E-state index < -0.39 is 0 Å². The average Bonchev–Trinajstić information content (AvgIpc) is 2.61. The lowest BCUT2D eigenvalue weighted by Crippen LogP contribution is -2.62. The SMILES string of the molecule is CN1CCC[C@]2(CO)CCN(C(=O)CCc3ccc(O)cc3)C[C@@H]12. The van der Waals surface area contributed by atoms with Gasteiger partial charge in [0.1, 0.15) is 5.75 Å². The fourth-order valence-electron chi connectivity index (χ4n) is 4.31. The smallest absolute Gasteiger partial charge is 0.222 e. The third-order valence-corrected chi connectivity index (χ3v) is 5.93. The predicted molar refractivity (Wildman–Crippen MR) is 92.8 cm³/mol. The van der Waals surface area contributed by atoms with Crippen molar-refractivity contribution in [3.63, 3.8) is 0 Å². The summed E-state index contributed by atoms with van der Waals surface area (Å²) < 4.78 is 0. The number of carbonyl (C=O) groups is 1. The first-order valence-electron chi connectivity index (χ1n) is 8.91. The number of nitrogens with zero attached hydrogens (tertiary/aromatic N) is 2. The van der Waals surface area contributed by atoms with E-state index in [0.29, 0.717) is 12.8 Å². The molecule has 5 nitrogen and oxygen atoms in total. The Morgan fingerprint density at radius 1 is 1.25 bits per heavy atom. The van der Waals surface area contributed by atoms with Crippen LogP contribution < -0.4 is 0 Å². The summed E-state index contributed by atoms with van der Waals surface area (Å²) in [4.78, 5) is 16.9. The molecular weight excluding hydrogens is 304 g/mol. The summed E-state index contributed by atoms with van der Waals surface area (Å²) in [5, 5.41) is 19.3. The Morgan fingerprint density at radius 2 is 2.00 bits per heavy atom. The minimum Gasteiger partial charge on any atom is -0.508 e. The summed E-state index contributed by atoms with van der Waals surface area (Å²) in [5.41, 5.74) is 1.04. The third kappa shape index (κ3) is 3.42. The number of aliphatic hydroxyl groups is 1. The monoisotopic (exact) mass is 332 g/mol. The lowest BCUT2D eigenvalue weighted by Gasteiger charge is -2.53. The van der Waals surface area contributed by atoms with Crippen molar-refractivity contribution in [2.45, 2.75) is 38.1 Å². The maximum atomic E-state index is 12.6. The van der Waals surface area contributed by atoms with Gasteiger partial charge >= 0.3 is 0 Å². The van der Waals surface area contributed by atoms with Crippen LogP contribution in [0.15, 0.2) is 24.3 Å². The van der Waals surface area contributed by atoms with Crippen molar-refractivity contribution in [2.24, 2.45) is 5.41 Å². The lowest BCUT2D eigenvalue weighted by atomic mass is 9.69. The molecule has 2 fully saturated rings. The molecule has 2 aliphatic rings. The molecule has 0 spiro atoms. The van der Waals surface area contributed by atoms with Gasteiger partial charge in [-0.05, 0) is 57.0 Å². The highest BCUT2D eigenvalue weighted by atomic mass is 16.3. The molecule has 0 bridgehead atoms. The average molecular weight is 332 g/mol. The first-order chi connectivity index (χ1) is 11.5. The van der Waals surface area contributed by atoms with Crippen molar-refractivity contribution in [2.75, 3.05) is 33.3 Å². The van der Waals surface area contributed by atoms with Crippen LogP contribution in [0.5, 0.6) is 5.75 Å². The second-order valence-corrected chi connectivity index (χ2v) is 7.38. The van der Waals surface area contributed by atoms with Crippen LogP contribution in [-0.4, -0.2) is 65.3 Å². The van der Waals surface area contributed by atoms with Gasteiger partial charge in [0.2, 0.25) is 5.91 Å². The van der Waals surface area contributed by atoms with Gasteiger partial charge in [-0.25, -0.2) is 0 Å². The van der Waals surface area contributed by atoms with E-state index in [2.05, 4.69) is 11.9 Å². The molecule has 1 aromatic rings.